The van der Waals surface area contributed by atoms with Crippen molar-refractivity contribution in [1.29, 1.82) is 0 Å². The van der Waals surface area contributed by atoms with Crippen molar-refractivity contribution in [2.45, 2.75) is 0 Å². The number of nitrogens with zero attached hydrogens (tertiary/aromatic N) is 2. The number of hydrogen-bond acceptors (Lipinski definition) is 4. The minimum absolute atomic E-state index is 0.338. The number of halogens is 1. The van der Waals surface area contributed by atoms with Crippen molar-refractivity contribution >= 4 is 38.9 Å². The summed E-state index contributed by atoms with van der Waals surface area (Å²) in [6, 6.07) is 14.4. The fraction of sp³-hybridized carbons (Fsp3) is 0.0455. The average Bonchev–Trinajstić information content (AvgIpc) is 3.13. The van der Waals surface area contributed by atoms with Crippen LogP contribution < -0.4 is 15.6 Å². The number of amides is 1. The molecular formula is C22H15FN4O3. The van der Waals surface area contributed by atoms with Gasteiger partial charge in [0.25, 0.3) is 11.5 Å². The van der Waals surface area contributed by atoms with Gasteiger partial charge in [-0.1, -0.05) is 12.1 Å². The van der Waals surface area contributed by atoms with Gasteiger partial charge in [0.05, 0.1) is 29.1 Å². The fourth-order valence-corrected chi connectivity index (χ4v) is 3.58. The minimum atomic E-state index is -0.442. The monoisotopic (exact) mass is 402 g/mol. The number of methoxy groups -OCH3 is 1. The minimum Gasteiger partial charge on any atom is -0.496 e. The van der Waals surface area contributed by atoms with Gasteiger partial charge in [-0.25, -0.2) is 8.91 Å². The highest BCUT2D eigenvalue weighted by atomic mass is 19.1. The van der Waals surface area contributed by atoms with E-state index in [4.69, 9.17) is 4.74 Å². The van der Waals surface area contributed by atoms with Crippen molar-refractivity contribution < 1.29 is 13.9 Å². The molecule has 0 spiro atoms. The van der Waals surface area contributed by atoms with Gasteiger partial charge in [-0.3, -0.25) is 9.59 Å². The summed E-state index contributed by atoms with van der Waals surface area (Å²) >= 11 is 0. The van der Waals surface area contributed by atoms with Gasteiger partial charge in [-0.05, 0) is 42.5 Å². The molecule has 0 bridgehead atoms. The zero-order valence-electron chi connectivity index (χ0n) is 15.8. The first-order valence-corrected chi connectivity index (χ1v) is 9.13. The van der Waals surface area contributed by atoms with Crippen LogP contribution in [0.25, 0.3) is 27.3 Å². The van der Waals surface area contributed by atoms with Gasteiger partial charge in [0, 0.05) is 17.3 Å². The molecule has 0 radical (unpaired) electrons. The van der Waals surface area contributed by atoms with E-state index in [-0.39, 0.29) is 11.5 Å². The van der Waals surface area contributed by atoms with Gasteiger partial charge in [0.15, 0.2) is 0 Å². The molecule has 0 saturated heterocycles. The molecule has 0 aliphatic rings. The first-order chi connectivity index (χ1) is 14.5. The number of H-pyrrole nitrogens is 1. The zero-order valence-corrected chi connectivity index (χ0v) is 15.8. The Morgan fingerprint density at radius 1 is 1.17 bits per heavy atom. The number of fused-ring (bicyclic) bond motifs is 5. The molecule has 148 valence electrons. The molecule has 5 rings (SSSR count). The highest BCUT2D eigenvalue weighted by Gasteiger charge is 2.16. The van der Waals surface area contributed by atoms with Crippen molar-refractivity contribution in [2.75, 3.05) is 12.4 Å². The van der Waals surface area contributed by atoms with Gasteiger partial charge >= 0.3 is 0 Å². The van der Waals surface area contributed by atoms with E-state index in [1.807, 2.05) is 0 Å². The maximum atomic E-state index is 13.5. The highest BCUT2D eigenvalue weighted by molar-refractivity contribution is 6.10. The third kappa shape index (κ3) is 2.77. The molecule has 2 aromatic carbocycles. The molecule has 8 heteroatoms. The van der Waals surface area contributed by atoms with Gasteiger partial charge in [-0.15, -0.1) is 0 Å². The SMILES string of the molecule is COc1ccccc1C(=O)Nc1ccn2nc3c4ccc(F)cc4[nH]c(=O)c3c2c1. The lowest BCUT2D eigenvalue weighted by atomic mass is 10.1. The molecule has 7 nitrogen and oxygen atoms in total. The maximum absolute atomic E-state index is 13.5. The normalized spacial score (nSPS) is 11.3. The van der Waals surface area contributed by atoms with Gasteiger partial charge in [-0.2, -0.15) is 5.10 Å². The summed E-state index contributed by atoms with van der Waals surface area (Å²) in [5, 5.41) is 8.30. The van der Waals surface area contributed by atoms with Crippen LogP contribution >= 0.6 is 0 Å². The van der Waals surface area contributed by atoms with Gasteiger partial charge in [0.2, 0.25) is 0 Å². The number of aromatic nitrogens is 3. The van der Waals surface area contributed by atoms with E-state index in [1.54, 1.807) is 53.2 Å². The smallest absolute Gasteiger partial charge is 0.260 e. The summed E-state index contributed by atoms with van der Waals surface area (Å²) < 4.78 is 20.3. The topological polar surface area (TPSA) is 88.5 Å². The molecule has 5 aromatic rings. The van der Waals surface area contributed by atoms with Crippen LogP contribution in [0.1, 0.15) is 10.4 Å². The summed E-state index contributed by atoms with van der Waals surface area (Å²) in [4.78, 5) is 28.1. The zero-order chi connectivity index (χ0) is 20.8. The number of aromatic amines is 1. The van der Waals surface area contributed by atoms with Crippen molar-refractivity contribution in [3.63, 3.8) is 0 Å². The Hall–Kier alpha value is -4.20. The molecule has 0 aliphatic carbocycles. The third-order valence-corrected chi connectivity index (χ3v) is 4.96. The Labute approximate surface area is 168 Å². The summed E-state index contributed by atoms with van der Waals surface area (Å²) in [6.45, 7) is 0. The van der Waals surface area contributed by atoms with Gasteiger partial charge < -0.3 is 15.0 Å². The van der Waals surface area contributed by atoms with Crippen LogP contribution in [0.5, 0.6) is 5.75 Å². The molecular weight excluding hydrogens is 387 g/mol. The number of anilines is 1. The first kappa shape index (κ1) is 17.9. The molecule has 0 aliphatic heterocycles. The quantitative estimate of drug-likeness (QED) is 0.481. The predicted molar refractivity (Wildman–Crippen MR) is 112 cm³/mol. The molecule has 30 heavy (non-hydrogen) atoms. The standard InChI is InChI=1S/C22H15FN4O3/c1-30-18-5-3-2-4-15(18)21(28)24-13-8-9-27-17(11-13)19-20(26-27)14-7-6-12(23)10-16(14)25-22(19)29/h2-11H,1H3,(H,24,28)(H,25,29). The summed E-state index contributed by atoms with van der Waals surface area (Å²) in [5.41, 5.74) is 1.87. The van der Waals surface area contributed by atoms with E-state index in [0.29, 0.717) is 44.3 Å². The molecule has 0 unspecified atom stereocenters. The Kier molecular flexibility index (Phi) is 3.99. The third-order valence-electron chi connectivity index (χ3n) is 4.96. The number of benzene rings is 2. The Bertz CT molecular complexity index is 1520. The van der Waals surface area contributed by atoms with Crippen molar-refractivity contribution in [2.24, 2.45) is 0 Å². The van der Waals surface area contributed by atoms with Crippen LogP contribution in [0.2, 0.25) is 0 Å². The van der Waals surface area contributed by atoms with Crippen LogP contribution in [0.15, 0.2) is 65.6 Å². The maximum Gasteiger partial charge on any atom is 0.260 e. The van der Waals surface area contributed by atoms with Crippen molar-refractivity contribution in [1.82, 2.24) is 14.6 Å². The second-order valence-electron chi connectivity index (χ2n) is 6.77. The molecule has 2 N–H and O–H groups in total. The summed E-state index contributed by atoms with van der Waals surface area (Å²) in [5.74, 6) is -0.320. The average molecular weight is 402 g/mol. The van der Waals surface area contributed by atoms with Crippen LogP contribution in [0.3, 0.4) is 0 Å². The first-order valence-electron chi connectivity index (χ1n) is 9.13. The van der Waals surface area contributed by atoms with Crippen molar-refractivity contribution in [3.05, 3.63) is 82.5 Å². The van der Waals surface area contributed by atoms with E-state index in [0.717, 1.165) is 0 Å². The van der Waals surface area contributed by atoms with E-state index in [9.17, 15) is 14.0 Å². The lowest BCUT2D eigenvalue weighted by Crippen LogP contribution is -2.13. The molecule has 0 saturated carbocycles. The number of nitrogens with one attached hydrogen (secondary N) is 2. The molecule has 0 fully saturated rings. The number of pyridine rings is 2. The van der Waals surface area contributed by atoms with E-state index in [2.05, 4.69) is 15.4 Å². The van der Waals surface area contributed by atoms with E-state index in [1.165, 1.54) is 19.2 Å². The summed E-state index contributed by atoms with van der Waals surface area (Å²) in [7, 11) is 1.50. The van der Waals surface area contributed by atoms with E-state index < -0.39 is 5.82 Å². The lowest BCUT2D eigenvalue weighted by molar-refractivity contribution is 0.102. The van der Waals surface area contributed by atoms with Crippen molar-refractivity contribution in [3.8, 4) is 5.75 Å². The molecule has 3 heterocycles. The van der Waals surface area contributed by atoms with E-state index >= 15 is 0 Å². The molecule has 3 aromatic heterocycles. The Balaban J connectivity index is 1.63. The Morgan fingerprint density at radius 3 is 2.83 bits per heavy atom. The number of ether oxygens (including phenoxy) is 1. The molecule has 0 atom stereocenters. The number of carbonyl (C=O) groups is 1. The second-order valence-corrected chi connectivity index (χ2v) is 6.77. The summed E-state index contributed by atoms with van der Waals surface area (Å²) in [6.07, 6.45) is 1.65. The number of para-hydroxylation sites is 1. The van der Waals surface area contributed by atoms with Crippen LogP contribution in [-0.4, -0.2) is 27.6 Å². The predicted octanol–water partition coefficient (Wildman–Crippen LogP) is 3.73. The fourth-order valence-electron chi connectivity index (χ4n) is 3.58. The van der Waals surface area contributed by atoms with Crippen LogP contribution in [0, 0.1) is 5.82 Å². The lowest BCUT2D eigenvalue weighted by Gasteiger charge is -2.09. The number of hydrogen-bond donors (Lipinski definition) is 2. The largest absolute Gasteiger partial charge is 0.496 e. The number of carbonyl (C=O) groups excluding carboxylic acids is 1. The molecule has 1 amide bonds. The number of rotatable bonds is 3. The second kappa shape index (κ2) is 6.70. The Morgan fingerprint density at radius 2 is 2.00 bits per heavy atom. The van der Waals surface area contributed by atoms with Crippen LogP contribution in [0.4, 0.5) is 10.1 Å². The van der Waals surface area contributed by atoms with Gasteiger partial charge in [0.1, 0.15) is 17.1 Å². The highest BCUT2D eigenvalue weighted by Crippen LogP contribution is 2.26. The van der Waals surface area contributed by atoms with Crippen LogP contribution in [-0.2, 0) is 0 Å².